The van der Waals surface area contributed by atoms with Crippen LogP contribution >= 0.6 is 0 Å². The molecule has 0 saturated carbocycles. The third-order valence-electron chi connectivity index (χ3n) is 1.20. The molecule has 0 saturated heterocycles. The number of nitrogens with zero attached hydrogens (tertiary/aromatic N) is 3. The maximum Gasteiger partial charge on any atom is 1.00 e. The molecule has 0 spiro atoms. The number of rotatable bonds is 0. The van der Waals surface area contributed by atoms with Gasteiger partial charge in [-0.15, -0.1) is 0 Å². The molecule has 0 aliphatic heterocycles. The first-order valence-electron chi connectivity index (χ1n) is 3.35. The maximum atomic E-state index is 2.08. The normalized spacial score (nSPS) is 8.18. The van der Waals surface area contributed by atoms with Gasteiger partial charge in [0.05, 0.1) is 42.3 Å². The van der Waals surface area contributed by atoms with E-state index in [9.17, 15) is 0 Å². The van der Waals surface area contributed by atoms with E-state index in [1.807, 2.05) is 42.3 Å². The van der Waals surface area contributed by atoms with E-state index in [2.05, 4.69) is 14.4 Å². The second-order valence-corrected chi connectivity index (χ2v) is 2.98. The largest absolute Gasteiger partial charge is 1.00 e. The van der Waals surface area contributed by atoms with Crippen molar-refractivity contribution in [3.8, 4) is 0 Å². The van der Waals surface area contributed by atoms with Gasteiger partial charge in [-0.1, -0.05) is 0 Å². The van der Waals surface area contributed by atoms with Crippen molar-refractivity contribution >= 4 is 5.96 Å². The quantitative estimate of drug-likeness (QED) is 0.156. The molecule has 0 aliphatic carbocycles. The molecule has 11 heavy (non-hydrogen) atoms. The minimum absolute atomic E-state index is 0. The van der Waals surface area contributed by atoms with Gasteiger partial charge in [-0.25, -0.2) is 0 Å². The predicted molar refractivity (Wildman–Crippen MR) is 44.5 cm³/mol. The molecular weight excluding hydrogens is 133 g/mol. The third kappa shape index (κ3) is 4.34. The molecule has 0 radical (unpaired) electrons. The summed E-state index contributed by atoms with van der Waals surface area (Å²) in [4.78, 5) is 4.17. The third-order valence-corrected chi connectivity index (χ3v) is 1.20. The fraction of sp³-hybridized carbons (Fsp3) is 0.857. The summed E-state index contributed by atoms with van der Waals surface area (Å²) in [6, 6.07) is 0. The van der Waals surface area contributed by atoms with Crippen LogP contribution in [0.2, 0.25) is 0 Å². The zero-order chi connectivity index (χ0) is 8.31. The van der Waals surface area contributed by atoms with Gasteiger partial charge in [-0.05, 0) is 0 Å². The Labute approximate surface area is 81.9 Å². The van der Waals surface area contributed by atoms with Crippen LogP contribution in [-0.2, 0) is 0 Å². The molecule has 3 nitrogen and oxygen atoms in total. The summed E-state index contributed by atoms with van der Waals surface area (Å²) in [6.45, 7) is 0. The molecule has 0 aromatic carbocycles. The molecule has 0 bridgehead atoms. The van der Waals surface area contributed by atoms with Crippen molar-refractivity contribution < 1.29 is 23.4 Å². The van der Waals surface area contributed by atoms with Crippen molar-refractivity contribution in [1.29, 1.82) is 0 Å². The number of hydrogen-bond acceptors (Lipinski definition) is 0. The van der Waals surface area contributed by atoms with Crippen LogP contribution in [0.1, 0.15) is 0 Å². The summed E-state index contributed by atoms with van der Waals surface area (Å²) in [5, 5.41) is 0. The summed E-state index contributed by atoms with van der Waals surface area (Å²) < 4.78 is 2.08. The van der Waals surface area contributed by atoms with Crippen LogP contribution in [0.5, 0.6) is 0 Å². The molecule has 0 heterocycles. The van der Waals surface area contributed by atoms with Gasteiger partial charge < -0.3 is 0 Å². The zero-order valence-corrected chi connectivity index (χ0v) is 8.84. The van der Waals surface area contributed by atoms with E-state index in [-0.39, 0.29) is 18.9 Å². The van der Waals surface area contributed by atoms with E-state index in [1.54, 1.807) is 0 Å². The number of hydrogen-bond donors (Lipinski definition) is 0. The van der Waals surface area contributed by atoms with E-state index in [1.165, 1.54) is 5.96 Å². The van der Waals surface area contributed by atoms with Crippen LogP contribution in [0.4, 0.5) is 0 Å². The van der Waals surface area contributed by atoms with E-state index in [0.29, 0.717) is 0 Å². The minimum Gasteiger partial charge on any atom is -0.270 e. The van der Waals surface area contributed by atoms with Crippen molar-refractivity contribution in [2.24, 2.45) is 0 Å². The summed E-state index contributed by atoms with van der Waals surface area (Å²) in [5.74, 6) is 1.19. The van der Waals surface area contributed by atoms with Crippen LogP contribution in [0.15, 0.2) is 0 Å². The zero-order valence-electron chi connectivity index (χ0n) is 8.84. The molecule has 60 valence electrons. The van der Waals surface area contributed by atoms with Gasteiger partial charge in [0.15, 0.2) is 0 Å². The molecule has 0 aromatic heterocycles. The molecule has 0 aromatic rings. The molecule has 0 rings (SSSR count). The van der Waals surface area contributed by atoms with Crippen molar-refractivity contribution in [2.75, 3.05) is 42.3 Å². The van der Waals surface area contributed by atoms with E-state index < -0.39 is 0 Å². The Morgan fingerprint density at radius 2 is 1.18 bits per heavy atom. The van der Waals surface area contributed by atoms with E-state index in [0.717, 1.165) is 0 Å². The topological polar surface area (TPSA) is 9.49 Å². The van der Waals surface area contributed by atoms with Gasteiger partial charge >= 0.3 is 24.8 Å². The molecule has 0 unspecified atom stereocenters. The molecule has 0 amide bonds. The first kappa shape index (κ1) is 13.5. The first-order valence-corrected chi connectivity index (χ1v) is 3.35. The Kier molecular flexibility index (Phi) is 6.74. The van der Waals surface area contributed by atoms with Crippen LogP contribution in [-0.4, -0.2) is 62.6 Å². The smallest absolute Gasteiger partial charge is 0.270 e. The second-order valence-electron chi connectivity index (χ2n) is 2.98. The van der Waals surface area contributed by atoms with Crippen LogP contribution in [0.25, 0.3) is 0 Å². The van der Waals surface area contributed by atoms with Gasteiger partial charge in [0.1, 0.15) is 0 Å². The van der Waals surface area contributed by atoms with Crippen molar-refractivity contribution in [2.45, 2.75) is 0 Å². The van der Waals surface area contributed by atoms with Gasteiger partial charge in [0, 0.05) is 0 Å². The fourth-order valence-electron chi connectivity index (χ4n) is 1.20. The summed E-state index contributed by atoms with van der Waals surface area (Å²) >= 11 is 0. The van der Waals surface area contributed by atoms with Crippen molar-refractivity contribution in [3.63, 3.8) is 0 Å². The molecule has 0 aliphatic rings. The Morgan fingerprint density at radius 3 is 1.18 bits per heavy atom. The summed E-state index contributed by atoms with van der Waals surface area (Å²) in [7, 11) is 12.2. The summed E-state index contributed by atoms with van der Waals surface area (Å²) in [6.07, 6.45) is 0. The number of guanidine groups is 1. The molecule has 0 atom stereocenters. The SMILES string of the molecule is CN(C)C(N(C)C)=[N+](C)C.[Li+]. The van der Waals surface area contributed by atoms with Gasteiger partial charge in [-0.3, -0.25) is 14.4 Å². The van der Waals surface area contributed by atoms with Gasteiger partial charge in [-0.2, -0.15) is 0 Å². The van der Waals surface area contributed by atoms with Crippen LogP contribution in [0.3, 0.4) is 0 Å². The van der Waals surface area contributed by atoms with E-state index in [4.69, 9.17) is 0 Å². The van der Waals surface area contributed by atoms with Crippen molar-refractivity contribution in [1.82, 2.24) is 9.80 Å². The molecule has 0 fully saturated rings. The molecular formula is C7H18LiN3+2. The average Bonchev–Trinajstić information content (AvgIpc) is 1.59. The predicted octanol–water partition coefficient (Wildman–Crippen LogP) is -3.26. The Morgan fingerprint density at radius 1 is 0.909 bits per heavy atom. The Hall–Kier alpha value is -0.133. The first-order chi connectivity index (χ1) is 4.46. The standard InChI is InChI=1S/C7H18N3.Li/c1-8(2)7(9(3)4)10(5)6;/h1-6H3;/q2*+1. The summed E-state index contributed by atoms with van der Waals surface area (Å²) in [5.41, 5.74) is 0. The van der Waals surface area contributed by atoms with Gasteiger partial charge in [0.2, 0.25) is 0 Å². The molecule has 0 N–H and O–H groups in total. The Balaban J connectivity index is 0. The van der Waals surface area contributed by atoms with Crippen LogP contribution < -0.4 is 18.9 Å². The fourth-order valence-corrected chi connectivity index (χ4v) is 1.20. The molecule has 4 heteroatoms. The monoisotopic (exact) mass is 151 g/mol. The van der Waals surface area contributed by atoms with Crippen molar-refractivity contribution in [3.05, 3.63) is 0 Å². The minimum atomic E-state index is 0. The maximum absolute atomic E-state index is 2.08. The Bertz CT molecular complexity index is 127. The van der Waals surface area contributed by atoms with Crippen LogP contribution in [0, 0.1) is 0 Å². The second kappa shape index (κ2) is 5.51. The van der Waals surface area contributed by atoms with Gasteiger partial charge in [0.25, 0.3) is 0 Å². The van der Waals surface area contributed by atoms with E-state index >= 15 is 0 Å². The average molecular weight is 151 g/mol.